The predicted octanol–water partition coefficient (Wildman–Crippen LogP) is 2.74. The Kier molecular flexibility index (Phi) is 3.41. The van der Waals surface area contributed by atoms with E-state index in [-0.39, 0.29) is 0 Å². The van der Waals surface area contributed by atoms with Gasteiger partial charge in [-0.3, -0.25) is 4.68 Å². The summed E-state index contributed by atoms with van der Waals surface area (Å²) in [5, 5.41) is 18.5. The molecule has 0 fully saturated rings. The van der Waals surface area contributed by atoms with Gasteiger partial charge in [0.2, 0.25) is 0 Å². The Balaban J connectivity index is 2.20. The van der Waals surface area contributed by atoms with Gasteiger partial charge in [0, 0.05) is 18.3 Å². The maximum Gasteiger partial charge on any atom is 0.108 e. The van der Waals surface area contributed by atoms with Crippen LogP contribution in [0.4, 0.5) is 0 Å². The number of hydrogen-bond donors (Lipinski definition) is 1. The van der Waals surface area contributed by atoms with Crippen molar-refractivity contribution in [2.45, 2.75) is 32.9 Å². The minimum absolute atomic E-state index is 0.545. The van der Waals surface area contributed by atoms with Crippen molar-refractivity contribution in [3.63, 3.8) is 0 Å². The first-order valence-electron chi connectivity index (χ1n) is 5.45. The largest absolute Gasteiger partial charge is 0.383 e. The van der Waals surface area contributed by atoms with Gasteiger partial charge in [0.15, 0.2) is 0 Å². The van der Waals surface area contributed by atoms with Crippen molar-refractivity contribution in [3.8, 4) is 0 Å². The van der Waals surface area contributed by atoms with Crippen LogP contribution in [0.5, 0.6) is 0 Å². The molecule has 3 nitrogen and oxygen atoms in total. The van der Waals surface area contributed by atoms with Gasteiger partial charge < -0.3 is 5.11 Å². The molecule has 86 valence electrons. The molecule has 0 saturated heterocycles. The number of aliphatic hydroxyl groups excluding tert-OH is 1. The Labute approximate surface area is 99.4 Å². The van der Waals surface area contributed by atoms with E-state index in [1.165, 1.54) is 0 Å². The quantitative estimate of drug-likeness (QED) is 0.886. The van der Waals surface area contributed by atoms with Crippen LogP contribution in [0, 0.1) is 6.92 Å². The van der Waals surface area contributed by atoms with E-state index in [0.29, 0.717) is 0 Å². The second kappa shape index (κ2) is 4.80. The van der Waals surface area contributed by atoms with Crippen molar-refractivity contribution >= 4 is 11.3 Å². The van der Waals surface area contributed by atoms with E-state index in [0.717, 1.165) is 29.7 Å². The molecule has 0 aliphatic rings. The molecule has 0 aromatic carbocycles. The Morgan fingerprint density at radius 2 is 2.31 bits per heavy atom. The van der Waals surface area contributed by atoms with E-state index >= 15 is 0 Å². The average Bonchev–Trinajstić information content (AvgIpc) is 2.87. The number of aliphatic hydroxyl groups is 1. The molecule has 2 heterocycles. The molecule has 0 aliphatic heterocycles. The maximum atomic E-state index is 10.2. The van der Waals surface area contributed by atoms with Crippen molar-refractivity contribution in [2.75, 3.05) is 0 Å². The van der Waals surface area contributed by atoms with Gasteiger partial charge in [-0.15, -0.1) is 0 Å². The van der Waals surface area contributed by atoms with Crippen LogP contribution >= 0.6 is 11.3 Å². The molecule has 1 atom stereocenters. The third-order valence-electron chi connectivity index (χ3n) is 2.61. The summed E-state index contributed by atoms with van der Waals surface area (Å²) < 4.78 is 1.88. The molecule has 0 bridgehead atoms. The maximum absolute atomic E-state index is 10.2. The lowest BCUT2D eigenvalue weighted by molar-refractivity contribution is 0.220. The first kappa shape index (κ1) is 11.4. The first-order valence-corrected chi connectivity index (χ1v) is 6.39. The second-order valence-corrected chi connectivity index (χ2v) is 4.69. The second-order valence-electron chi connectivity index (χ2n) is 3.95. The van der Waals surface area contributed by atoms with Crippen LogP contribution in [0.2, 0.25) is 0 Å². The number of rotatable bonds is 4. The summed E-state index contributed by atoms with van der Waals surface area (Å²) >= 11 is 1.62. The molecular formula is C12H16N2OS. The van der Waals surface area contributed by atoms with Crippen molar-refractivity contribution in [2.24, 2.45) is 0 Å². The summed E-state index contributed by atoms with van der Waals surface area (Å²) in [6.45, 7) is 5.03. The van der Waals surface area contributed by atoms with Gasteiger partial charge >= 0.3 is 0 Å². The molecule has 0 amide bonds. The van der Waals surface area contributed by atoms with E-state index in [4.69, 9.17) is 0 Å². The van der Waals surface area contributed by atoms with Crippen molar-refractivity contribution in [1.29, 1.82) is 0 Å². The molecule has 1 unspecified atom stereocenters. The topological polar surface area (TPSA) is 38.0 Å². The highest BCUT2D eigenvalue weighted by atomic mass is 32.1. The van der Waals surface area contributed by atoms with Crippen molar-refractivity contribution in [1.82, 2.24) is 9.78 Å². The van der Waals surface area contributed by atoms with E-state index in [1.807, 2.05) is 23.2 Å². The van der Waals surface area contributed by atoms with Crippen LogP contribution in [0.3, 0.4) is 0 Å². The van der Waals surface area contributed by atoms with E-state index < -0.39 is 6.10 Å². The fraction of sp³-hybridized carbons (Fsp3) is 0.417. The lowest BCUT2D eigenvalue weighted by Crippen LogP contribution is -1.99. The minimum Gasteiger partial charge on any atom is -0.383 e. The summed E-state index contributed by atoms with van der Waals surface area (Å²) in [4.78, 5) is 0. The monoisotopic (exact) mass is 236 g/mol. The lowest BCUT2D eigenvalue weighted by atomic mass is 10.1. The molecule has 0 spiro atoms. The summed E-state index contributed by atoms with van der Waals surface area (Å²) in [6, 6.07) is 0. The summed E-state index contributed by atoms with van der Waals surface area (Å²) in [7, 11) is 0. The zero-order valence-electron chi connectivity index (χ0n) is 9.55. The van der Waals surface area contributed by atoms with Gasteiger partial charge in [-0.2, -0.15) is 16.4 Å². The highest BCUT2D eigenvalue weighted by molar-refractivity contribution is 7.08. The summed E-state index contributed by atoms with van der Waals surface area (Å²) in [6.07, 6.45) is 4.18. The first-order chi connectivity index (χ1) is 7.72. The van der Waals surface area contributed by atoms with Crippen LogP contribution in [0.1, 0.15) is 36.1 Å². The van der Waals surface area contributed by atoms with Gasteiger partial charge in [-0.1, -0.05) is 6.92 Å². The number of nitrogens with zero attached hydrogens (tertiary/aromatic N) is 2. The molecule has 0 aliphatic carbocycles. The molecule has 4 heteroatoms. The van der Waals surface area contributed by atoms with Crippen molar-refractivity contribution in [3.05, 3.63) is 39.8 Å². The van der Waals surface area contributed by atoms with E-state index in [9.17, 15) is 5.11 Å². The molecule has 16 heavy (non-hydrogen) atoms. The minimum atomic E-state index is -0.545. The van der Waals surface area contributed by atoms with Crippen LogP contribution < -0.4 is 0 Å². The summed E-state index contributed by atoms with van der Waals surface area (Å²) in [5.41, 5.74) is 3.00. The van der Waals surface area contributed by atoms with Crippen LogP contribution in [-0.2, 0) is 6.54 Å². The number of hydrogen-bond acceptors (Lipinski definition) is 3. The summed E-state index contributed by atoms with van der Waals surface area (Å²) in [5.74, 6) is 0. The van der Waals surface area contributed by atoms with Crippen molar-refractivity contribution < 1.29 is 5.11 Å². The lowest BCUT2D eigenvalue weighted by Gasteiger charge is -2.07. The molecule has 0 radical (unpaired) electrons. The highest BCUT2D eigenvalue weighted by Gasteiger charge is 2.15. The molecule has 1 N–H and O–H groups in total. The molecule has 2 aromatic heterocycles. The molecule has 0 saturated carbocycles. The molecule has 2 aromatic rings. The Morgan fingerprint density at radius 1 is 1.50 bits per heavy atom. The highest BCUT2D eigenvalue weighted by Crippen LogP contribution is 2.26. The third-order valence-corrected chi connectivity index (χ3v) is 3.49. The van der Waals surface area contributed by atoms with Gasteiger partial charge in [-0.05, 0) is 35.2 Å². The fourth-order valence-electron chi connectivity index (χ4n) is 1.70. The zero-order chi connectivity index (χ0) is 11.5. The Bertz CT molecular complexity index is 461. The van der Waals surface area contributed by atoms with E-state index in [1.54, 1.807) is 17.5 Å². The van der Waals surface area contributed by atoms with E-state index in [2.05, 4.69) is 17.4 Å². The normalized spacial score (nSPS) is 12.9. The van der Waals surface area contributed by atoms with Gasteiger partial charge in [0.25, 0.3) is 0 Å². The average molecular weight is 236 g/mol. The Hall–Kier alpha value is -1.13. The molecule has 2 rings (SSSR count). The zero-order valence-corrected chi connectivity index (χ0v) is 10.4. The van der Waals surface area contributed by atoms with Crippen LogP contribution in [-0.4, -0.2) is 14.9 Å². The van der Waals surface area contributed by atoms with Gasteiger partial charge in [0.05, 0.1) is 6.20 Å². The van der Waals surface area contributed by atoms with Crippen LogP contribution in [0.15, 0.2) is 23.2 Å². The predicted molar refractivity (Wildman–Crippen MR) is 65.6 cm³/mol. The van der Waals surface area contributed by atoms with Crippen LogP contribution in [0.25, 0.3) is 0 Å². The number of thiophene rings is 1. The fourth-order valence-corrected chi connectivity index (χ4v) is 2.57. The number of aromatic nitrogens is 2. The Morgan fingerprint density at radius 3 is 2.94 bits per heavy atom. The smallest absolute Gasteiger partial charge is 0.108 e. The third kappa shape index (κ3) is 2.18. The van der Waals surface area contributed by atoms with Gasteiger partial charge in [0.1, 0.15) is 6.10 Å². The SMILES string of the molecule is CCCn1cc(C(O)c2cscc2C)cn1. The number of aryl methyl sites for hydroxylation is 2. The standard InChI is InChI=1S/C12H16N2OS/c1-3-4-14-6-10(5-13-14)12(15)11-8-16-7-9(11)2/h5-8,12,15H,3-4H2,1-2H3. The molecular weight excluding hydrogens is 220 g/mol. The van der Waals surface area contributed by atoms with Gasteiger partial charge in [-0.25, -0.2) is 0 Å².